The first kappa shape index (κ1) is 24.2. The average molecular weight is 450 g/mol. The number of halogens is 6. The van der Waals surface area contributed by atoms with E-state index in [1.807, 2.05) is 0 Å². The lowest BCUT2D eigenvalue weighted by Gasteiger charge is -2.10. The van der Waals surface area contributed by atoms with Crippen LogP contribution < -0.4 is 10.6 Å². The maximum absolute atomic E-state index is 12.5. The van der Waals surface area contributed by atoms with Gasteiger partial charge in [-0.05, 0) is 13.8 Å². The number of alkyl halides is 6. The van der Waals surface area contributed by atoms with Crippen molar-refractivity contribution in [1.29, 1.82) is 0 Å². The van der Waals surface area contributed by atoms with Crippen molar-refractivity contribution in [2.75, 3.05) is 23.8 Å². The van der Waals surface area contributed by atoms with E-state index in [4.69, 9.17) is 0 Å². The summed E-state index contributed by atoms with van der Waals surface area (Å²) in [6.07, 6.45) is -10.8. The summed E-state index contributed by atoms with van der Waals surface area (Å²) in [5.74, 6) is -8.02. The zero-order chi connectivity index (χ0) is 22.6. The van der Waals surface area contributed by atoms with Gasteiger partial charge < -0.3 is 20.1 Å². The summed E-state index contributed by atoms with van der Waals surface area (Å²) in [7, 11) is 0. The number of carbonyl (C=O) groups excluding carboxylic acids is 4. The summed E-state index contributed by atoms with van der Waals surface area (Å²) in [4.78, 5) is 46.7. The minimum absolute atomic E-state index is 0.0822. The molecule has 162 valence electrons. The van der Waals surface area contributed by atoms with E-state index in [1.165, 1.54) is 24.5 Å². The van der Waals surface area contributed by atoms with Gasteiger partial charge in [0.15, 0.2) is 0 Å². The predicted molar refractivity (Wildman–Crippen MR) is 85.6 cm³/mol. The van der Waals surface area contributed by atoms with Crippen molar-refractivity contribution in [3.05, 3.63) is 11.1 Å². The Morgan fingerprint density at radius 2 is 1.07 bits per heavy atom. The minimum atomic E-state index is -5.42. The third kappa shape index (κ3) is 6.07. The second-order valence-electron chi connectivity index (χ2n) is 4.86. The molecule has 0 aliphatic heterocycles. The molecule has 0 saturated carbocycles. The SMILES string of the molecule is CCOC(=O)c1c(NC(=O)C(F)(F)F)sc(NC(=O)C(F)(F)F)c1C(=O)OCC. The summed E-state index contributed by atoms with van der Waals surface area (Å²) in [6, 6.07) is 0. The second kappa shape index (κ2) is 9.11. The lowest BCUT2D eigenvalue weighted by molar-refractivity contribution is -0.167. The summed E-state index contributed by atoms with van der Waals surface area (Å²) in [5.41, 5.74) is -1.99. The van der Waals surface area contributed by atoms with Gasteiger partial charge in [0.1, 0.15) is 21.1 Å². The third-order valence-corrected chi connectivity index (χ3v) is 3.86. The Kier molecular flexibility index (Phi) is 7.60. The van der Waals surface area contributed by atoms with Gasteiger partial charge in [0.2, 0.25) is 0 Å². The summed E-state index contributed by atoms with van der Waals surface area (Å²) in [5, 5.41) is 0.613. The number of amides is 2. The smallest absolute Gasteiger partial charge is 0.462 e. The molecule has 0 aromatic carbocycles. The molecular weight excluding hydrogens is 438 g/mol. The third-order valence-electron chi connectivity index (χ3n) is 2.84. The Hall–Kier alpha value is -2.84. The van der Waals surface area contributed by atoms with Crippen molar-refractivity contribution >= 4 is 45.1 Å². The van der Waals surface area contributed by atoms with Crippen molar-refractivity contribution in [1.82, 2.24) is 0 Å². The van der Waals surface area contributed by atoms with Crippen LogP contribution in [0.2, 0.25) is 0 Å². The zero-order valence-electron chi connectivity index (χ0n) is 14.5. The van der Waals surface area contributed by atoms with Crippen molar-refractivity contribution in [3.63, 3.8) is 0 Å². The molecule has 1 aromatic heterocycles. The molecule has 2 N–H and O–H groups in total. The van der Waals surface area contributed by atoms with Gasteiger partial charge in [-0.25, -0.2) is 9.59 Å². The van der Waals surface area contributed by atoms with Crippen LogP contribution in [-0.2, 0) is 19.1 Å². The van der Waals surface area contributed by atoms with Crippen molar-refractivity contribution in [3.8, 4) is 0 Å². The number of rotatable bonds is 6. The first-order valence-corrected chi connectivity index (χ1v) is 8.32. The van der Waals surface area contributed by atoms with Crippen LogP contribution in [0.25, 0.3) is 0 Å². The molecule has 0 fully saturated rings. The molecule has 0 aliphatic carbocycles. The van der Waals surface area contributed by atoms with Crippen LogP contribution in [0, 0.1) is 0 Å². The number of nitrogens with one attached hydrogen (secondary N) is 2. The molecule has 1 rings (SSSR count). The predicted octanol–water partition coefficient (Wildman–Crippen LogP) is 3.10. The highest BCUT2D eigenvalue weighted by Crippen LogP contribution is 2.40. The number of carbonyl (C=O) groups is 4. The molecular formula is C14H12F6N2O6S. The highest BCUT2D eigenvalue weighted by atomic mass is 32.1. The highest BCUT2D eigenvalue weighted by Gasteiger charge is 2.43. The molecule has 0 radical (unpaired) electrons. The molecule has 0 bridgehead atoms. The number of hydrogen-bond donors (Lipinski definition) is 2. The maximum atomic E-state index is 12.5. The van der Waals surface area contributed by atoms with E-state index in [0.29, 0.717) is 0 Å². The fourth-order valence-electron chi connectivity index (χ4n) is 1.75. The Morgan fingerprint density at radius 1 is 0.759 bits per heavy atom. The van der Waals surface area contributed by atoms with Crippen LogP contribution in [0.5, 0.6) is 0 Å². The molecule has 0 saturated heterocycles. The van der Waals surface area contributed by atoms with Crippen molar-refractivity contribution in [2.24, 2.45) is 0 Å². The first-order valence-electron chi connectivity index (χ1n) is 7.51. The van der Waals surface area contributed by atoms with Crippen LogP contribution in [0.4, 0.5) is 36.3 Å². The fourth-order valence-corrected chi connectivity index (χ4v) is 2.82. The number of hydrogen-bond acceptors (Lipinski definition) is 7. The molecule has 0 atom stereocenters. The zero-order valence-corrected chi connectivity index (χ0v) is 15.4. The van der Waals surface area contributed by atoms with E-state index in [1.54, 1.807) is 0 Å². The molecule has 1 heterocycles. The normalized spacial score (nSPS) is 11.6. The number of esters is 2. The van der Waals surface area contributed by atoms with Gasteiger partial charge in [0, 0.05) is 0 Å². The van der Waals surface area contributed by atoms with Crippen molar-refractivity contribution in [2.45, 2.75) is 26.2 Å². The molecule has 8 nitrogen and oxygen atoms in total. The van der Waals surface area contributed by atoms with E-state index in [0.717, 1.165) is 0 Å². The van der Waals surface area contributed by atoms with Gasteiger partial charge >= 0.3 is 36.1 Å². The molecule has 15 heteroatoms. The molecule has 0 spiro atoms. The Morgan fingerprint density at radius 3 is 1.31 bits per heavy atom. The summed E-state index contributed by atoms with van der Waals surface area (Å²) >= 11 is -0.0822. The lowest BCUT2D eigenvalue weighted by Crippen LogP contribution is -2.30. The van der Waals surface area contributed by atoms with E-state index in [9.17, 15) is 45.5 Å². The van der Waals surface area contributed by atoms with Gasteiger partial charge in [-0.3, -0.25) is 9.59 Å². The van der Waals surface area contributed by atoms with E-state index < -0.39 is 57.2 Å². The van der Waals surface area contributed by atoms with Crippen LogP contribution in [0.1, 0.15) is 34.6 Å². The van der Waals surface area contributed by atoms with Gasteiger partial charge in [0.25, 0.3) is 0 Å². The molecule has 29 heavy (non-hydrogen) atoms. The monoisotopic (exact) mass is 450 g/mol. The first-order chi connectivity index (χ1) is 13.2. The number of ether oxygens (including phenoxy) is 2. The largest absolute Gasteiger partial charge is 0.471 e. The average Bonchev–Trinajstić information content (AvgIpc) is 2.91. The van der Waals surface area contributed by atoms with E-state index in [2.05, 4.69) is 9.47 Å². The highest BCUT2D eigenvalue weighted by molar-refractivity contribution is 7.21. The van der Waals surface area contributed by atoms with E-state index >= 15 is 0 Å². The van der Waals surface area contributed by atoms with Crippen LogP contribution >= 0.6 is 11.3 Å². The Labute approximate surface area is 162 Å². The number of thiophene rings is 1. The molecule has 2 amide bonds. The van der Waals surface area contributed by atoms with Crippen LogP contribution in [0.15, 0.2) is 0 Å². The number of anilines is 2. The van der Waals surface area contributed by atoms with Crippen molar-refractivity contribution < 1.29 is 55.0 Å². The summed E-state index contributed by atoms with van der Waals surface area (Å²) in [6.45, 7) is 1.95. The standard InChI is InChI=1S/C14H12F6N2O6S/c1-3-27-9(23)5-6(10(24)28-4-2)8(22-12(26)14(18,19)20)29-7(5)21-11(25)13(15,16)17/h3-4H2,1-2H3,(H,21,25)(H,22,26). The maximum Gasteiger partial charge on any atom is 0.471 e. The molecule has 0 aliphatic rings. The van der Waals surface area contributed by atoms with Gasteiger partial charge in [-0.2, -0.15) is 26.3 Å². The Bertz CT molecular complexity index is 752. The Balaban J connectivity index is 3.63. The fraction of sp³-hybridized carbons (Fsp3) is 0.429. The van der Waals surface area contributed by atoms with Crippen LogP contribution in [-0.4, -0.2) is 49.3 Å². The molecule has 0 unspecified atom stereocenters. The van der Waals surface area contributed by atoms with Gasteiger partial charge in [0.05, 0.1) is 13.2 Å². The van der Waals surface area contributed by atoms with E-state index in [-0.39, 0.29) is 24.6 Å². The second-order valence-corrected chi connectivity index (χ2v) is 5.88. The minimum Gasteiger partial charge on any atom is -0.462 e. The topological polar surface area (TPSA) is 111 Å². The van der Waals surface area contributed by atoms with Gasteiger partial charge in [-0.15, -0.1) is 0 Å². The quantitative estimate of drug-likeness (QED) is 0.509. The van der Waals surface area contributed by atoms with Gasteiger partial charge in [-0.1, -0.05) is 11.3 Å². The summed E-state index contributed by atoms with van der Waals surface area (Å²) < 4.78 is 84.4. The lowest BCUT2D eigenvalue weighted by atomic mass is 10.1. The van der Waals surface area contributed by atoms with Crippen LogP contribution in [0.3, 0.4) is 0 Å². The molecule has 1 aromatic rings.